The molecular formula is C27H32N2O6. The van der Waals surface area contributed by atoms with Gasteiger partial charge in [0.25, 0.3) is 0 Å². The van der Waals surface area contributed by atoms with E-state index in [0.717, 1.165) is 24.0 Å². The Morgan fingerprint density at radius 2 is 1.60 bits per heavy atom. The van der Waals surface area contributed by atoms with Crippen LogP contribution in [0.15, 0.2) is 48.5 Å². The van der Waals surface area contributed by atoms with Gasteiger partial charge < -0.3 is 25.2 Å². The SMILES string of the molecule is COC(CNC(=O)OCC1c2ccccc2-c2ccccc21)CC(=O)NCC1CC(CC(=O)O)C1. The van der Waals surface area contributed by atoms with Gasteiger partial charge in [0.15, 0.2) is 0 Å². The first-order chi connectivity index (χ1) is 16.9. The van der Waals surface area contributed by atoms with Crippen LogP contribution in [-0.2, 0) is 19.1 Å². The molecule has 2 aromatic carbocycles. The summed E-state index contributed by atoms with van der Waals surface area (Å²) in [5, 5.41) is 14.4. The van der Waals surface area contributed by atoms with Crippen molar-refractivity contribution in [2.45, 2.75) is 37.7 Å². The maximum Gasteiger partial charge on any atom is 0.407 e. The predicted molar refractivity (Wildman–Crippen MR) is 130 cm³/mol. The third-order valence-electron chi connectivity index (χ3n) is 6.95. The van der Waals surface area contributed by atoms with E-state index in [0.29, 0.717) is 12.5 Å². The lowest BCUT2D eigenvalue weighted by molar-refractivity contribution is -0.139. The van der Waals surface area contributed by atoms with Gasteiger partial charge in [0, 0.05) is 32.5 Å². The van der Waals surface area contributed by atoms with Crippen LogP contribution in [-0.4, -0.2) is 56.0 Å². The Morgan fingerprint density at radius 3 is 2.20 bits per heavy atom. The first-order valence-electron chi connectivity index (χ1n) is 12.0. The van der Waals surface area contributed by atoms with Gasteiger partial charge in [0.05, 0.1) is 12.5 Å². The van der Waals surface area contributed by atoms with Gasteiger partial charge in [-0.3, -0.25) is 9.59 Å². The van der Waals surface area contributed by atoms with Crippen molar-refractivity contribution < 1.29 is 29.0 Å². The lowest BCUT2D eigenvalue weighted by atomic mass is 9.73. The van der Waals surface area contributed by atoms with Crippen LogP contribution in [0.2, 0.25) is 0 Å². The van der Waals surface area contributed by atoms with Crippen LogP contribution < -0.4 is 10.6 Å². The molecule has 1 saturated carbocycles. The van der Waals surface area contributed by atoms with Gasteiger partial charge in [-0.1, -0.05) is 48.5 Å². The molecule has 3 N–H and O–H groups in total. The summed E-state index contributed by atoms with van der Waals surface area (Å²) in [4.78, 5) is 35.4. The Morgan fingerprint density at radius 1 is 0.971 bits per heavy atom. The third-order valence-corrected chi connectivity index (χ3v) is 6.95. The molecule has 0 aromatic heterocycles. The van der Waals surface area contributed by atoms with Crippen molar-refractivity contribution in [3.05, 3.63) is 59.7 Å². The molecule has 2 aromatic rings. The van der Waals surface area contributed by atoms with Gasteiger partial charge in [-0.05, 0) is 46.9 Å². The van der Waals surface area contributed by atoms with E-state index in [2.05, 4.69) is 34.9 Å². The number of hydrogen-bond donors (Lipinski definition) is 3. The third kappa shape index (κ3) is 6.19. The summed E-state index contributed by atoms with van der Waals surface area (Å²) < 4.78 is 10.9. The number of fused-ring (bicyclic) bond motifs is 3. The highest BCUT2D eigenvalue weighted by atomic mass is 16.5. The summed E-state index contributed by atoms with van der Waals surface area (Å²) in [6.07, 6.45) is 0.932. The van der Waals surface area contributed by atoms with E-state index in [1.54, 1.807) is 0 Å². The fourth-order valence-electron chi connectivity index (χ4n) is 5.08. The first kappa shape index (κ1) is 24.7. The standard InChI is InChI=1S/C27H32N2O6/c1-34-19(13-25(30)28-14-18-10-17(11-18)12-26(31)32)15-29-27(33)35-16-24-22-8-4-2-6-20(22)21-7-3-5-9-23(21)24/h2-9,17-19,24H,10-16H2,1H3,(H,28,30)(H,29,33)(H,31,32). The van der Waals surface area contributed by atoms with Crippen LogP contribution in [0, 0.1) is 11.8 Å². The number of rotatable bonds is 11. The molecule has 0 bridgehead atoms. The second kappa shape index (κ2) is 11.4. The van der Waals surface area contributed by atoms with E-state index in [1.807, 2.05) is 24.3 Å². The quantitative estimate of drug-likeness (QED) is 0.453. The normalized spacial score (nSPS) is 19.1. The average Bonchev–Trinajstić information content (AvgIpc) is 3.15. The zero-order valence-corrected chi connectivity index (χ0v) is 19.9. The van der Waals surface area contributed by atoms with Gasteiger partial charge in [-0.2, -0.15) is 0 Å². The summed E-state index contributed by atoms with van der Waals surface area (Å²) in [6.45, 7) is 0.915. The van der Waals surface area contributed by atoms with Crippen LogP contribution in [0.5, 0.6) is 0 Å². The molecule has 0 spiro atoms. The molecule has 186 valence electrons. The maximum atomic E-state index is 12.4. The van der Waals surface area contributed by atoms with Gasteiger partial charge in [0.1, 0.15) is 6.61 Å². The van der Waals surface area contributed by atoms with E-state index in [-0.39, 0.29) is 43.7 Å². The van der Waals surface area contributed by atoms with Crippen molar-refractivity contribution in [2.75, 3.05) is 26.8 Å². The van der Waals surface area contributed by atoms with Crippen molar-refractivity contribution in [1.82, 2.24) is 10.6 Å². The fraction of sp³-hybridized carbons (Fsp3) is 0.444. The number of alkyl carbamates (subject to hydrolysis) is 1. The number of nitrogens with one attached hydrogen (secondary N) is 2. The average molecular weight is 481 g/mol. The topological polar surface area (TPSA) is 114 Å². The van der Waals surface area contributed by atoms with E-state index in [4.69, 9.17) is 14.6 Å². The molecule has 1 fully saturated rings. The lowest BCUT2D eigenvalue weighted by Crippen LogP contribution is -2.40. The van der Waals surface area contributed by atoms with E-state index >= 15 is 0 Å². The number of ether oxygens (including phenoxy) is 2. The minimum atomic E-state index is -0.774. The maximum absolute atomic E-state index is 12.4. The van der Waals surface area contributed by atoms with E-state index in [9.17, 15) is 14.4 Å². The number of benzene rings is 2. The second-order valence-corrected chi connectivity index (χ2v) is 9.37. The van der Waals surface area contributed by atoms with Crippen molar-refractivity contribution in [2.24, 2.45) is 11.8 Å². The number of carbonyl (C=O) groups is 3. The monoisotopic (exact) mass is 480 g/mol. The van der Waals surface area contributed by atoms with Crippen molar-refractivity contribution in [3.63, 3.8) is 0 Å². The first-order valence-corrected chi connectivity index (χ1v) is 12.0. The number of carboxylic acid groups (broad SMARTS) is 1. The Hall–Kier alpha value is -3.39. The van der Waals surface area contributed by atoms with Crippen molar-refractivity contribution in [3.8, 4) is 11.1 Å². The molecule has 8 heteroatoms. The minimum absolute atomic E-state index is 0.0150. The molecule has 8 nitrogen and oxygen atoms in total. The molecule has 0 radical (unpaired) electrons. The Balaban J connectivity index is 1.18. The zero-order chi connectivity index (χ0) is 24.8. The smallest absolute Gasteiger partial charge is 0.407 e. The molecule has 2 aliphatic rings. The van der Waals surface area contributed by atoms with Crippen LogP contribution in [0.25, 0.3) is 11.1 Å². The highest BCUT2D eigenvalue weighted by Gasteiger charge is 2.31. The summed E-state index contributed by atoms with van der Waals surface area (Å²) in [6, 6.07) is 16.3. The minimum Gasteiger partial charge on any atom is -0.481 e. The highest BCUT2D eigenvalue weighted by Crippen LogP contribution is 2.44. The number of methoxy groups -OCH3 is 1. The number of aliphatic carboxylic acids is 1. The van der Waals surface area contributed by atoms with Crippen LogP contribution >= 0.6 is 0 Å². The van der Waals surface area contributed by atoms with Gasteiger partial charge >= 0.3 is 12.1 Å². The molecule has 0 aliphatic heterocycles. The summed E-state index contributed by atoms with van der Waals surface area (Å²) in [7, 11) is 1.50. The highest BCUT2D eigenvalue weighted by molar-refractivity contribution is 5.79. The Labute approximate surface area is 205 Å². The number of amides is 2. The number of hydrogen-bond acceptors (Lipinski definition) is 5. The molecule has 0 heterocycles. The van der Waals surface area contributed by atoms with Crippen LogP contribution in [0.4, 0.5) is 4.79 Å². The van der Waals surface area contributed by atoms with E-state index < -0.39 is 18.2 Å². The van der Waals surface area contributed by atoms with Crippen LogP contribution in [0.1, 0.15) is 42.7 Å². The second-order valence-electron chi connectivity index (χ2n) is 9.37. The number of carbonyl (C=O) groups excluding carboxylic acids is 2. The Kier molecular flexibility index (Phi) is 8.02. The molecule has 1 atom stereocenters. The zero-order valence-electron chi connectivity index (χ0n) is 19.9. The van der Waals surface area contributed by atoms with Crippen molar-refractivity contribution >= 4 is 18.0 Å². The lowest BCUT2D eigenvalue weighted by Gasteiger charge is -2.34. The molecule has 2 aliphatic carbocycles. The van der Waals surface area contributed by atoms with E-state index in [1.165, 1.54) is 18.2 Å². The number of carboxylic acids is 1. The van der Waals surface area contributed by atoms with Crippen LogP contribution in [0.3, 0.4) is 0 Å². The summed E-state index contributed by atoms with van der Waals surface area (Å²) >= 11 is 0. The Bertz CT molecular complexity index is 1020. The largest absolute Gasteiger partial charge is 0.481 e. The molecule has 0 saturated heterocycles. The molecular weight excluding hydrogens is 448 g/mol. The molecule has 4 rings (SSSR count). The van der Waals surface area contributed by atoms with Gasteiger partial charge in [0.2, 0.25) is 5.91 Å². The molecule has 35 heavy (non-hydrogen) atoms. The molecule has 1 unspecified atom stereocenters. The van der Waals surface area contributed by atoms with Gasteiger partial charge in [-0.25, -0.2) is 4.79 Å². The summed E-state index contributed by atoms with van der Waals surface area (Å²) in [5.74, 6) is -0.415. The molecule has 2 amide bonds. The predicted octanol–water partition coefficient (Wildman–Crippen LogP) is 3.55. The van der Waals surface area contributed by atoms with Crippen molar-refractivity contribution in [1.29, 1.82) is 0 Å². The summed E-state index contributed by atoms with van der Waals surface area (Å²) in [5.41, 5.74) is 4.63. The fourth-order valence-corrected chi connectivity index (χ4v) is 5.08. The van der Waals surface area contributed by atoms with Gasteiger partial charge in [-0.15, -0.1) is 0 Å².